The number of rotatable bonds is 5. The van der Waals surface area contributed by atoms with Crippen LogP contribution in [0.15, 0.2) is 82.9 Å². The Bertz CT molecular complexity index is 1230. The van der Waals surface area contributed by atoms with Crippen molar-refractivity contribution in [3.8, 4) is 5.75 Å². The van der Waals surface area contributed by atoms with Gasteiger partial charge < -0.3 is 10.1 Å². The predicted octanol–water partition coefficient (Wildman–Crippen LogP) is 3.88. The highest BCUT2D eigenvalue weighted by Gasteiger charge is 2.11. The van der Waals surface area contributed by atoms with E-state index < -0.39 is 4.92 Å². The number of aromatic hydroxyl groups is 1. The van der Waals surface area contributed by atoms with Crippen LogP contribution in [0.5, 0.6) is 5.75 Å². The van der Waals surface area contributed by atoms with Crippen molar-refractivity contribution in [1.82, 2.24) is 15.4 Å². The summed E-state index contributed by atoms with van der Waals surface area (Å²) >= 11 is 0. The van der Waals surface area contributed by atoms with Gasteiger partial charge in [0.15, 0.2) is 11.7 Å². The van der Waals surface area contributed by atoms with E-state index in [2.05, 4.69) is 25.5 Å². The first-order valence-electron chi connectivity index (χ1n) is 8.95. The second kappa shape index (κ2) is 8.23. The van der Waals surface area contributed by atoms with Crippen LogP contribution in [0.2, 0.25) is 0 Å². The van der Waals surface area contributed by atoms with Gasteiger partial charge in [-0.1, -0.05) is 30.3 Å². The number of aromatic nitrogens is 2. The molecule has 9 heteroatoms. The molecule has 0 unspecified atom stereocenters. The average Bonchev–Trinajstić information content (AvgIpc) is 3.19. The van der Waals surface area contributed by atoms with Crippen molar-refractivity contribution in [2.75, 3.05) is 0 Å². The van der Waals surface area contributed by atoms with Crippen LogP contribution in [0.1, 0.15) is 11.4 Å². The van der Waals surface area contributed by atoms with Gasteiger partial charge in [0.1, 0.15) is 5.75 Å². The Labute approximate surface area is 170 Å². The number of nitrogens with one attached hydrogen (secondary N) is 2. The fourth-order valence-electron chi connectivity index (χ4n) is 2.75. The SMILES string of the molecule is O=[N+]([O-])c1ccc(O)c(C=NNC(=Nc2ccccc2)c2nc3ccccc3[nH]2)c1. The molecule has 0 aliphatic rings. The smallest absolute Gasteiger partial charge is 0.270 e. The molecule has 0 atom stereocenters. The summed E-state index contributed by atoms with van der Waals surface area (Å²) < 4.78 is 0. The second-order valence-electron chi connectivity index (χ2n) is 6.27. The molecule has 1 heterocycles. The average molecular weight is 400 g/mol. The molecule has 1 aromatic heterocycles. The minimum atomic E-state index is -0.541. The van der Waals surface area contributed by atoms with E-state index >= 15 is 0 Å². The molecule has 0 radical (unpaired) electrons. The molecule has 0 fully saturated rings. The molecule has 30 heavy (non-hydrogen) atoms. The molecule has 0 bridgehead atoms. The van der Waals surface area contributed by atoms with Gasteiger partial charge in [-0.3, -0.25) is 15.5 Å². The largest absolute Gasteiger partial charge is 0.507 e. The number of fused-ring (bicyclic) bond motifs is 1. The summed E-state index contributed by atoms with van der Waals surface area (Å²) in [7, 11) is 0. The van der Waals surface area contributed by atoms with E-state index in [4.69, 9.17) is 0 Å². The minimum Gasteiger partial charge on any atom is -0.507 e. The number of hydrazone groups is 1. The van der Waals surface area contributed by atoms with Gasteiger partial charge in [0, 0.05) is 17.7 Å². The third kappa shape index (κ3) is 4.14. The topological polar surface area (TPSA) is 129 Å². The van der Waals surface area contributed by atoms with Crippen LogP contribution in [0, 0.1) is 10.1 Å². The first-order chi connectivity index (χ1) is 14.6. The van der Waals surface area contributed by atoms with Crippen LogP contribution in [-0.2, 0) is 0 Å². The number of para-hydroxylation sites is 3. The van der Waals surface area contributed by atoms with Gasteiger partial charge in [-0.15, -0.1) is 0 Å². The van der Waals surface area contributed by atoms with Crippen molar-refractivity contribution in [2.24, 2.45) is 10.1 Å². The third-order valence-electron chi connectivity index (χ3n) is 4.21. The fraction of sp³-hybridized carbons (Fsp3) is 0. The molecule has 3 N–H and O–H groups in total. The number of nitro benzene ring substituents is 1. The summed E-state index contributed by atoms with van der Waals surface area (Å²) in [5.74, 6) is 0.690. The Balaban J connectivity index is 1.67. The van der Waals surface area contributed by atoms with Gasteiger partial charge in [-0.25, -0.2) is 9.98 Å². The molecule has 0 aliphatic heterocycles. The van der Waals surface area contributed by atoms with Gasteiger partial charge in [-0.2, -0.15) is 5.10 Å². The number of aliphatic imine (C=N–C) groups is 1. The normalized spacial score (nSPS) is 11.8. The lowest BCUT2D eigenvalue weighted by molar-refractivity contribution is -0.384. The van der Waals surface area contributed by atoms with Gasteiger partial charge in [0.05, 0.1) is 27.9 Å². The van der Waals surface area contributed by atoms with E-state index in [-0.39, 0.29) is 17.0 Å². The first-order valence-corrected chi connectivity index (χ1v) is 8.95. The first kappa shape index (κ1) is 18.8. The van der Waals surface area contributed by atoms with E-state index in [1.165, 1.54) is 24.4 Å². The van der Waals surface area contributed by atoms with Gasteiger partial charge in [0.25, 0.3) is 5.69 Å². The van der Waals surface area contributed by atoms with Crippen LogP contribution in [0.25, 0.3) is 11.0 Å². The van der Waals surface area contributed by atoms with Crippen LogP contribution < -0.4 is 5.43 Å². The maximum Gasteiger partial charge on any atom is 0.270 e. The van der Waals surface area contributed by atoms with E-state index in [0.29, 0.717) is 17.3 Å². The number of amidine groups is 1. The van der Waals surface area contributed by atoms with Crippen molar-refractivity contribution in [3.63, 3.8) is 0 Å². The molecule has 4 rings (SSSR count). The fourth-order valence-corrected chi connectivity index (χ4v) is 2.75. The maximum absolute atomic E-state index is 11.0. The van der Waals surface area contributed by atoms with Crippen molar-refractivity contribution in [1.29, 1.82) is 0 Å². The van der Waals surface area contributed by atoms with Gasteiger partial charge in [-0.05, 0) is 30.3 Å². The Morgan fingerprint density at radius 2 is 1.87 bits per heavy atom. The molecule has 0 spiro atoms. The van der Waals surface area contributed by atoms with Crippen molar-refractivity contribution >= 4 is 34.5 Å². The zero-order valence-electron chi connectivity index (χ0n) is 15.6. The molecule has 4 aromatic rings. The predicted molar refractivity (Wildman–Crippen MR) is 114 cm³/mol. The summed E-state index contributed by atoms with van der Waals surface area (Å²) in [6.45, 7) is 0. The monoisotopic (exact) mass is 400 g/mol. The zero-order valence-corrected chi connectivity index (χ0v) is 15.6. The molecular weight excluding hydrogens is 384 g/mol. The summed E-state index contributed by atoms with van der Waals surface area (Å²) in [6, 6.07) is 20.5. The van der Waals surface area contributed by atoms with Crippen LogP contribution in [0.4, 0.5) is 11.4 Å². The second-order valence-corrected chi connectivity index (χ2v) is 6.27. The van der Waals surface area contributed by atoms with Crippen molar-refractivity contribution < 1.29 is 10.0 Å². The van der Waals surface area contributed by atoms with Crippen molar-refractivity contribution in [3.05, 3.63) is 94.3 Å². The quantitative estimate of drug-likeness (QED) is 0.203. The minimum absolute atomic E-state index is 0.128. The number of aromatic amines is 1. The molecule has 0 aliphatic carbocycles. The number of phenols is 1. The molecular formula is C21H16N6O3. The summed E-state index contributed by atoms with van der Waals surface area (Å²) in [5.41, 5.74) is 5.17. The van der Waals surface area contributed by atoms with Gasteiger partial charge >= 0.3 is 0 Å². The van der Waals surface area contributed by atoms with E-state index in [0.717, 1.165) is 11.0 Å². The highest BCUT2D eigenvalue weighted by molar-refractivity contribution is 6.00. The maximum atomic E-state index is 11.0. The standard InChI is InChI=1S/C21H16N6O3/c28-19-11-10-16(27(29)30)12-14(19)13-22-26-21(23-15-6-2-1-3-7-15)20-24-17-8-4-5-9-18(17)25-20/h1-13,28H,(H,23,26)(H,24,25). The lowest BCUT2D eigenvalue weighted by Crippen LogP contribution is -2.20. The third-order valence-corrected chi connectivity index (χ3v) is 4.21. The molecule has 0 saturated carbocycles. The molecule has 148 valence electrons. The van der Waals surface area contributed by atoms with Gasteiger partial charge in [0.2, 0.25) is 0 Å². The number of hydrogen-bond donors (Lipinski definition) is 3. The lowest BCUT2D eigenvalue weighted by atomic mass is 10.2. The number of H-pyrrole nitrogens is 1. The molecule has 3 aromatic carbocycles. The number of non-ortho nitro benzene ring substituents is 1. The number of phenolic OH excluding ortho intramolecular Hbond substituents is 1. The van der Waals surface area contributed by atoms with E-state index in [9.17, 15) is 15.2 Å². The lowest BCUT2D eigenvalue weighted by Gasteiger charge is -2.04. The van der Waals surface area contributed by atoms with E-state index in [1.54, 1.807) is 0 Å². The Morgan fingerprint density at radius 1 is 1.10 bits per heavy atom. The molecule has 9 nitrogen and oxygen atoms in total. The number of nitro groups is 1. The van der Waals surface area contributed by atoms with Crippen molar-refractivity contribution in [2.45, 2.75) is 0 Å². The number of imidazole rings is 1. The molecule has 0 saturated heterocycles. The van der Waals surface area contributed by atoms with Crippen LogP contribution >= 0.6 is 0 Å². The van der Waals surface area contributed by atoms with E-state index in [1.807, 2.05) is 54.6 Å². The van der Waals surface area contributed by atoms with Crippen LogP contribution in [-0.4, -0.2) is 32.0 Å². The summed E-state index contributed by atoms with van der Waals surface area (Å²) in [4.78, 5) is 22.7. The Hall–Kier alpha value is -4.53. The summed E-state index contributed by atoms with van der Waals surface area (Å²) in [6.07, 6.45) is 1.28. The highest BCUT2D eigenvalue weighted by Crippen LogP contribution is 2.21. The summed E-state index contributed by atoms with van der Waals surface area (Å²) in [5, 5.41) is 25.0. The Morgan fingerprint density at radius 3 is 2.63 bits per heavy atom. The number of nitrogens with zero attached hydrogens (tertiary/aromatic N) is 4. The Kier molecular flexibility index (Phi) is 5.16. The zero-order chi connectivity index (χ0) is 20.9. The van der Waals surface area contributed by atoms with Crippen LogP contribution in [0.3, 0.4) is 0 Å². The highest BCUT2D eigenvalue weighted by atomic mass is 16.6. The number of hydrogen-bond acceptors (Lipinski definition) is 6. The number of benzene rings is 3. The molecule has 0 amide bonds.